The Balaban J connectivity index is 2.27. The molecule has 3 nitrogen and oxygen atoms in total. The topological polar surface area (TPSA) is 41.6 Å². The SMILES string of the molecule is CC(C)C(N=C1CCN(C)C1)c1ccccc1N. The van der Waals surface area contributed by atoms with E-state index < -0.39 is 0 Å². The van der Waals surface area contributed by atoms with Crippen molar-refractivity contribution in [1.82, 2.24) is 4.90 Å². The summed E-state index contributed by atoms with van der Waals surface area (Å²) in [6.45, 7) is 6.53. The average Bonchev–Trinajstić information content (AvgIpc) is 2.73. The maximum atomic E-state index is 6.08. The monoisotopic (exact) mass is 245 g/mol. The number of hydrogen-bond acceptors (Lipinski definition) is 3. The summed E-state index contributed by atoms with van der Waals surface area (Å²) in [5.41, 5.74) is 9.40. The molecule has 1 aliphatic heterocycles. The van der Waals surface area contributed by atoms with Crippen molar-refractivity contribution in [3.8, 4) is 0 Å². The van der Waals surface area contributed by atoms with Gasteiger partial charge >= 0.3 is 0 Å². The fraction of sp³-hybridized carbons (Fsp3) is 0.533. The van der Waals surface area contributed by atoms with Crippen molar-refractivity contribution in [1.29, 1.82) is 0 Å². The number of benzene rings is 1. The van der Waals surface area contributed by atoms with E-state index in [0.717, 1.165) is 30.8 Å². The second-order valence-electron chi connectivity index (χ2n) is 5.50. The van der Waals surface area contributed by atoms with Gasteiger partial charge in [0.25, 0.3) is 0 Å². The average molecular weight is 245 g/mol. The molecule has 1 unspecified atom stereocenters. The first kappa shape index (κ1) is 13.1. The van der Waals surface area contributed by atoms with Crippen LogP contribution in [0.5, 0.6) is 0 Å². The minimum Gasteiger partial charge on any atom is -0.398 e. The zero-order valence-corrected chi connectivity index (χ0v) is 11.6. The third kappa shape index (κ3) is 2.91. The quantitative estimate of drug-likeness (QED) is 0.832. The van der Waals surface area contributed by atoms with E-state index in [4.69, 9.17) is 10.7 Å². The number of likely N-dealkylation sites (tertiary alicyclic amines) is 1. The number of hydrogen-bond donors (Lipinski definition) is 1. The molecule has 0 aromatic heterocycles. The van der Waals surface area contributed by atoms with Crippen LogP contribution in [0.4, 0.5) is 5.69 Å². The van der Waals surface area contributed by atoms with E-state index in [1.165, 1.54) is 5.71 Å². The predicted molar refractivity (Wildman–Crippen MR) is 78.0 cm³/mol. The van der Waals surface area contributed by atoms with Gasteiger partial charge < -0.3 is 10.6 Å². The van der Waals surface area contributed by atoms with Crippen LogP contribution < -0.4 is 5.73 Å². The zero-order chi connectivity index (χ0) is 13.1. The Morgan fingerprint density at radius 1 is 1.28 bits per heavy atom. The smallest absolute Gasteiger partial charge is 0.0791 e. The molecule has 2 rings (SSSR count). The van der Waals surface area contributed by atoms with Crippen LogP contribution in [0.3, 0.4) is 0 Å². The van der Waals surface area contributed by atoms with E-state index in [2.05, 4.69) is 31.9 Å². The molecule has 1 aromatic carbocycles. The Hall–Kier alpha value is -1.35. The highest BCUT2D eigenvalue weighted by atomic mass is 15.1. The molecule has 3 heteroatoms. The van der Waals surface area contributed by atoms with Crippen molar-refractivity contribution in [2.45, 2.75) is 26.3 Å². The van der Waals surface area contributed by atoms with Crippen LogP contribution in [0.15, 0.2) is 29.3 Å². The lowest BCUT2D eigenvalue weighted by atomic mass is 9.95. The molecule has 18 heavy (non-hydrogen) atoms. The van der Waals surface area contributed by atoms with Gasteiger partial charge in [0.1, 0.15) is 0 Å². The van der Waals surface area contributed by atoms with Gasteiger partial charge in [0.2, 0.25) is 0 Å². The third-order valence-corrected chi connectivity index (χ3v) is 3.50. The van der Waals surface area contributed by atoms with Gasteiger partial charge in [-0.1, -0.05) is 32.0 Å². The van der Waals surface area contributed by atoms with Crippen LogP contribution in [0.25, 0.3) is 0 Å². The normalized spacial score (nSPS) is 20.8. The molecule has 0 bridgehead atoms. The molecule has 0 spiro atoms. The Labute approximate surface area is 110 Å². The number of nitrogens with zero attached hydrogens (tertiary/aromatic N) is 2. The fourth-order valence-corrected chi connectivity index (χ4v) is 2.45. The first-order chi connectivity index (χ1) is 8.58. The van der Waals surface area contributed by atoms with Gasteiger partial charge in [-0.15, -0.1) is 0 Å². The summed E-state index contributed by atoms with van der Waals surface area (Å²) in [6.07, 6.45) is 1.09. The Bertz CT molecular complexity index is 437. The van der Waals surface area contributed by atoms with E-state index in [1.54, 1.807) is 0 Å². The highest BCUT2D eigenvalue weighted by Gasteiger charge is 2.20. The first-order valence-corrected chi connectivity index (χ1v) is 6.66. The number of nitrogen functional groups attached to an aromatic ring is 1. The molecule has 2 N–H and O–H groups in total. The van der Waals surface area contributed by atoms with Crippen molar-refractivity contribution in [2.24, 2.45) is 10.9 Å². The Morgan fingerprint density at radius 2 is 2.00 bits per heavy atom. The lowest BCUT2D eigenvalue weighted by Crippen LogP contribution is -2.15. The van der Waals surface area contributed by atoms with Gasteiger partial charge in [-0.05, 0) is 31.0 Å². The van der Waals surface area contributed by atoms with Crippen molar-refractivity contribution in [3.63, 3.8) is 0 Å². The van der Waals surface area contributed by atoms with E-state index in [-0.39, 0.29) is 6.04 Å². The van der Waals surface area contributed by atoms with Crippen LogP contribution in [-0.4, -0.2) is 30.7 Å². The van der Waals surface area contributed by atoms with E-state index in [1.807, 2.05) is 18.2 Å². The lowest BCUT2D eigenvalue weighted by molar-refractivity contribution is 0.428. The minimum atomic E-state index is 0.188. The number of para-hydroxylation sites is 1. The predicted octanol–water partition coefficient (Wildman–Crippen LogP) is 2.74. The number of aliphatic imine (C=N–C) groups is 1. The lowest BCUT2D eigenvalue weighted by Gasteiger charge is -2.20. The second kappa shape index (κ2) is 5.53. The summed E-state index contributed by atoms with van der Waals surface area (Å²) in [6, 6.07) is 8.27. The summed E-state index contributed by atoms with van der Waals surface area (Å²) < 4.78 is 0. The van der Waals surface area contributed by atoms with Crippen molar-refractivity contribution in [3.05, 3.63) is 29.8 Å². The van der Waals surface area contributed by atoms with Crippen molar-refractivity contribution >= 4 is 11.4 Å². The fourth-order valence-electron chi connectivity index (χ4n) is 2.45. The Morgan fingerprint density at radius 3 is 2.56 bits per heavy atom. The molecule has 0 amide bonds. The highest BCUT2D eigenvalue weighted by Crippen LogP contribution is 2.30. The second-order valence-corrected chi connectivity index (χ2v) is 5.50. The molecule has 1 atom stereocenters. The number of nitrogens with two attached hydrogens (primary N) is 1. The molecule has 1 aliphatic rings. The molecular weight excluding hydrogens is 222 g/mol. The zero-order valence-electron chi connectivity index (χ0n) is 11.6. The molecule has 1 heterocycles. The summed E-state index contributed by atoms with van der Waals surface area (Å²) in [4.78, 5) is 7.26. The molecule has 1 fully saturated rings. The Kier molecular flexibility index (Phi) is 4.02. The summed E-state index contributed by atoms with van der Waals surface area (Å²) >= 11 is 0. The van der Waals surface area contributed by atoms with Gasteiger partial charge in [-0.3, -0.25) is 4.99 Å². The van der Waals surface area contributed by atoms with Crippen LogP contribution in [-0.2, 0) is 0 Å². The van der Waals surface area contributed by atoms with E-state index in [9.17, 15) is 0 Å². The van der Waals surface area contributed by atoms with E-state index in [0.29, 0.717) is 5.92 Å². The molecule has 0 aliphatic carbocycles. The third-order valence-electron chi connectivity index (χ3n) is 3.50. The number of anilines is 1. The van der Waals surface area contributed by atoms with Gasteiger partial charge in [0.15, 0.2) is 0 Å². The van der Waals surface area contributed by atoms with E-state index >= 15 is 0 Å². The minimum absolute atomic E-state index is 0.188. The van der Waals surface area contributed by atoms with Gasteiger partial charge in [0.05, 0.1) is 6.04 Å². The molecule has 1 saturated heterocycles. The molecule has 0 radical (unpaired) electrons. The van der Waals surface area contributed by atoms with Crippen LogP contribution in [0.1, 0.15) is 31.9 Å². The molecule has 1 aromatic rings. The van der Waals surface area contributed by atoms with Gasteiger partial charge in [0, 0.05) is 24.5 Å². The largest absolute Gasteiger partial charge is 0.398 e. The van der Waals surface area contributed by atoms with Crippen LogP contribution >= 0.6 is 0 Å². The molecule has 0 saturated carbocycles. The maximum absolute atomic E-state index is 6.08. The van der Waals surface area contributed by atoms with Crippen LogP contribution in [0.2, 0.25) is 0 Å². The summed E-state index contributed by atoms with van der Waals surface area (Å²) in [5, 5.41) is 0. The first-order valence-electron chi connectivity index (χ1n) is 6.66. The van der Waals surface area contributed by atoms with Crippen molar-refractivity contribution in [2.75, 3.05) is 25.9 Å². The maximum Gasteiger partial charge on any atom is 0.0791 e. The molecular formula is C15H23N3. The summed E-state index contributed by atoms with van der Waals surface area (Å²) in [5.74, 6) is 0.466. The van der Waals surface area contributed by atoms with Crippen molar-refractivity contribution < 1.29 is 0 Å². The standard InChI is InChI=1S/C15H23N3/c1-11(2)15(13-6-4-5-7-14(13)16)17-12-8-9-18(3)10-12/h4-7,11,15H,8-10,16H2,1-3H3. The summed E-state index contributed by atoms with van der Waals surface area (Å²) in [7, 11) is 2.14. The number of rotatable bonds is 3. The van der Waals surface area contributed by atoms with Gasteiger partial charge in [-0.2, -0.15) is 0 Å². The van der Waals surface area contributed by atoms with Gasteiger partial charge in [-0.25, -0.2) is 0 Å². The van der Waals surface area contributed by atoms with Crippen LogP contribution in [0, 0.1) is 5.92 Å². The molecule has 98 valence electrons. The highest BCUT2D eigenvalue weighted by molar-refractivity contribution is 5.88.